The number of nitrogens with one attached hydrogen (secondary N) is 4. The summed E-state index contributed by atoms with van der Waals surface area (Å²) < 4.78 is 1.64. The van der Waals surface area contributed by atoms with Crippen molar-refractivity contribution in [3.8, 4) is 0 Å². The average molecular weight is 467 g/mol. The molecule has 11 nitrogen and oxygen atoms in total. The highest BCUT2D eigenvalue weighted by molar-refractivity contribution is 5.97. The van der Waals surface area contributed by atoms with E-state index in [1.54, 1.807) is 16.7 Å². The minimum absolute atomic E-state index is 0.149. The van der Waals surface area contributed by atoms with E-state index in [2.05, 4.69) is 36.1 Å². The molecule has 2 aromatic heterocycles. The van der Waals surface area contributed by atoms with Crippen LogP contribution in [0.2, 0.25) is 0 Å². The normalized spacial score (nSPS) is 19.5. The van der Waals surface area contributed by atoms with Crippen molar-refractivity contribution in [2.24, 2.45) is 0 Å². The van der Waals surface area contributed by atoms with Crippen LogP contribution in [0.15, 0.2) is 23.3 Å². The molecule has 0 atom stereocenters. The van der Waals surface area contributed by atoms with E-state index in [9.17, 15) is 14.4 Å². The highest BCUT2D eigenvalue weighted by Crippen LogP contribution is 2.37. The Balaban J connectivity index is 1.37. The van der Waals surface area contributed by atoms with Crippen molar-refractivity contribution in [2.75, 3.05) is 43.4 Å². The third-order valence-corrected chi connectivity index (χ3v) is 6.84. The van der Waals surface area contributed by atoms with Gasteiger partial charge in [-0.3, -0.25) is 23.9 Å². The fraction of sp³-hybridized carbons (Fsp3) is 0.522. The van der Waals surface area contributed by atoms with Crippen LogP contribution in [0, 0.1) is 6.92 Å². The Morgan fingerprint density at radius 2 is 1.82 bits per heavy atom. The first-order valence-corrected chi connectivity index (χ1v) is 11.9. The van der Waals surface area contributed by atoms with Crippen LogP contribution in [0.25, 0.3) is 0 Å². The fourth-order valence-electron chi connectivity index (χ4n) is 5.22. The Morgan fingerprint density at radius 3 is 2.59 bits per heavy atom. The number of anilines is 3. The summed E-state index contributed by atoms with van der Waals surface area (Å²) in [5, 5.41) is 12.2. The Labute approximate surface area is 197 Å². The van der Waals surface area contributed by atoms with Gasteiger partial charge in [0.1, 0.15) is 35.0 Å². The lowest BCUT2D eigenvalue weighted by molar-refractivity contribution is -0.117. The Bertz CT molecular complexity index is 1170. The second-order valence-electron chi connectivity index (χ2n) is 9.26. The largest absolute Gasteiger partial charge is 0.336 e. The zero-order valence-electron chi connectivity index (χ0n) is 19.3. The van der Waals surface area contributed by atoms with Gasteiger partial charge in [-0.15, -0.1) is 0 Å². The van der Waals surface area contributed by atoms with E-state index in [0.29, 0.717) is 29.6 Å². The summed E-state index contributed by atoms with van der Waals surface area (Å²) in [6, 6.07) is 3.28. The number of aromatic nitrogens is 3. The van der Waals surface area contributed by atoms with Gasteiger partial charge in [0, 0.05) is 32.2 Å². The molecule has 1 saturated heterocycles. The zero-order chi connectivity index (χ0) is 23.7. The third-order valence-electron chi connectivity index (χ3n) is 6.84. The third kappa shape index (κ3) is 4.28. The van der Waals surface area contributed by atoms with Crippen LogP contribution in [0.3, 0.4) is 0 Å². The lowest BCUT2D eigenvalue weighted by Crippen LogP contribution is -2.48. The first-order chi connectivity index (χ1) is 16.4. The molecule has 1 saturated carbocycles. The van der Waals surface area contributed by atoms with E-state index in [0.717, 1.165) is 63.8 Å². The van der Waals surface area contributed by atoms with Gasteiger partial charge in [-0.05, 0) is 44.2 Å². The summed E-state index contributed by atoms with van der Waals surface area (Å²) in [4.78, 5) is 49.1. The SMILES string of the molecule is Cc1cc(Nc2cc(NC(=O)CN3CCNCC3)ncn2)c(=O)n2c1C(=O)NC21CCCCC1. The number of amides is 2. The zero-order valence-corrected chi connectivity index (χ0v) is 19.3. The number of hydrogen-bond donors (Lipinski definition) is 4. The lowest BCUT2D eigenvalue weighted by Gasteiger charge is -2.35. The summed E-state index contributed by atoms with van der Waals surface area (Å²) in [5.74, 6) is 0.402. The summed E-state index contributed by atoms with van der Waals surface area (Å²) >= 11 is 0. The molecule has 0 aromatic carbocycles. The number of aryl methyl sites for hydroxylation is 1. The second-order valence-corrected chi connectivity index (χ2v) is 9.26. The maximum atomic E-state index is 13.5. The first-order valence-electron chi connectivity index (χ1n) is 11.9. The van der Waals surface area contributed by atoms with Crippen LogP contribution in [0.1, 0.15) is 48.2 Å². The van der Waals surface area contributed by atoms with E-state index < -0.39 is 5.66 Å². The number of nitrogens with zero attached hydrogens (tertiary/aromatic N) is 4. The van der Waals surface area contributed by atoms with Gasteiger partial charge in [0.2, 0.25) is 5.91 Å². The molecule has 34 heavy (non-hydrogen) atoms. The molecule has 2 aromatic rings. The Kier molecular flexibility index (Phi) is 6.05. The van der Waals surface area contributed by atoms with Gasteiger partial charge < -0.3 is 21.3 Å². The summed E-state index contributed by atoms with van der Waals surface area (Å²) in [6.07, 6.45) is 5.85. The predicted molar refractivity (Wildman–Crippen MR) is 127 cm³/mol. The van der Waals surface area contributed by atoms with Crippen LogP contribution in [0.5, 0.6) is 0 Å². The van der Waals surface area contributed by atoms with E-state index in [-0.39, 0.29) is 17.4 Å². The summed E-state index contributed by atoms with van der Waals surface area (Å²) in [6.45, 7) is 5.51. The van der Waals surface area contributed by atoms with Crippen molar-refractivity contribution >= 4 is 29.1 Å². The molecule has 2 fully saturated rings. The van der Waals surface area contributed by atoms with Gasteiger partial charge in [0.05, 0.1) is 6.54 Å². The minimum Gasteiger partial charge on any atom is -0.336 e. The van der Waals surface area contributed by atoms with Crippen LogP contribution in [-0.4, -0.2) is 64.0 Å². The van der Waals surface area contributed by atoms with E-state index in [1.807, 2.05) is 6.92 Å². The van der Waals surface area contributed by atoms with Crippen molar-refractivity contribution in [2.45, 2.75) is 44.7 Å². The molecule has 4 N–H and O–H groups in total. The fourth-order valence-corrected chi connectivity index (χ4v) is 5.22. The van der Waals surface area contributed by atoms with Crippen molar-refractivity contribution in [1.29, 1.82) is 0 Å². The molecule has 180 valence electrons. The van der Waals surface area contributed by atoms with Crippen molar-refractivity contribution < 1.29 is 9.59 Å². The molecule has 2 amide bonds. The molecule has 5 rings (SSSR count). The molecular formula is C23H30N8O3. The number of pyridine rings is 1. The predicted octanol–water partition coefficient (Wildman–Crippen LogP) is 0.894. The van der Waals surface area contributed by atoms with Gasteiger partial charge in [0.15, 0.2) is 0 Å². The molecule has 4 heterocycles. The maximum Gasteiger partial charge on any atom is 0.276 e. The number of piperazine rings is 1. The van der Waals surface area contributed by atoms with Gasteiger partial charge in [-0.1, -0.05) is 6.42 Å². The van der Waals surface area contributed by atoms with E-state index in [1.165, 1.54) is 6.33 Å². The van der Waals surface area contributed by atoms with Crippen molar-refractivity contribution in [3.63, 3.8) is 0 Å². The molecule has 1 spiro atoms. The molecule has 2 aliphatic heterocycles. The number of rotatable bonds is 5. The molecule has 0 radical (unpaired) electrons. The monoisotopic (exact) mass is 466 g/mol. The number of fused-ring (bicyclic) bond motifs is 2. The topological polar surface area (TPSA) is 133 Å². The van der Waals surface area contributed by atoms with Crippen LogP contribution < -0.4 is 26.8 Å². The lowest BCUT2D eigenvalue weighted by atomic mass is 9.89. The van der Waals surface area contributed by atoms with Crippen LogP contribution in [0.4, 0.5) is 17.3 Å². The minimum atomic E-state index is -0.654. The Morgan fingerprint density at radius 1 is 1.09 bits per heavy atom. The van der Waals surface area contributed by atoms with Gasteiger partial charge in [-0.25, -0.2) is 9.97 Å². The Hall–Kier alpha value is -3.31. The summed E-state index contributed by atoms with van der Waals surface area (Å²) in [5.41, 5.74) is 0.573. The van der Waals surface area contributed by atoms with Crippen LogP contribution >= 0.6 is 0 Å². The molecular weight excluding hydrogens is 436 g/mol. The summed E-state index contributed by atoms with van der Waals surface area (Å²) in [7, 11) is 0. The van der Waals surface area contributed by atoms with Gasteiger partial charge in [-0.2, -0.15) is 0 Å². The smallest absolute Gasteiger partial charge is 0.276 e. The van der Waals surface area contributed by atoms with Gasteiger partial charge >= 0.3 is 0 Å². The maximum absolute atomic E-state index is 13.5. The van der Waals surface area contributed by atoms with E-state index >= 15 is 0 Å². The number of carbonyl (C=O) groups is 2. The number of hydrogen-bond acceptors (Lipinski definition) is 8. The first kappa shape index (κ1) is 22.5. The highest BCUT2D eigenvalue weighted by atomic mass is 16.2. The van der Waals surface area contributed by atoms with Crippen molar-refractivity contribution in [1.82, 2.24) is 30.1 Å². The molecule has 3 aliphatic rings. The van der Waals surface area contributed by atoms with Crippen molar-refractivity contribution in [3.05, 3.63) is 40.1 Å². The second kappa shape index (κ2) is 9.15. The molecule has 0 unspecified atom stereocenters. The quantitative estimate of drug-likeness (QED) is 0.511. The molecule has 11 heteroatoms. The average Bonchev–Trinajstić information content (AvgIpc) is 3.10. The van der Waals surface area contributed by atoms with Crippen LogP contribution in [-0.2, 0) is 10.5 Å². The van der Waals surface area contributed by atoms with Gasteiger partial charge in [0.25, 0.3) is 11.5 Å². The van der Waals surface area contributed by atoms with E-state index in [4.69, 9.17) is 0 Å². The highest BCUT2D eigenvalue weighted by Gasteiger charge is 2.45. The molecule has 1 aliphatic carbocycles. The number of carbonyl (C=O) groups excluding carboxylic acids is 2. The standard InChI is InChI=1S/C23H30N8O3/c1-15-11-16(22(34)31-20(15)21(33)29-23(31)5-3-2-4-6-23)27-17-12-18(26-14-25-17)28-19(32)13-30-9-7-24-8-10-30/h11-12,14,24H,2-10,13H2,1H3,(H,29,33)(H2,25,26,27,28,32). The molecule has 0 bridgehead atoms.